The quantitative estimate of drug-likeness (QED) is 0.443. The van der Waals surface area contributed by atoms with Crippen LogP contribution in [0.3, 0.4) is 0 Å². The molecule has 5 heteroatoms. The van der Waals surface area contributed by atoms with Crippen molar-refractivity contribution in [1.82, 2.24) is 4.90 Å². The predicted molar refractivity (Wildman–Crippen MR) is 112 cm³/mol. The van der Waals surface area contributed by atoms with E-state index in [9.17, 15) is 9.59 Å². The van der Waals surface area contributed by atoms with Gasteiger partial charge in [-0.05, 0) is 42.9 Å². The summed E-state index contributed by atoms with van der Waals surface area (Å²) in [5, 5.41) is 0.000920. The third-order valence-electron chi connectivity index (χ3n) is 4.87. The fourth-order valence-electron chi connectivity index (χ4n) is 3.24. The monoisotopic (exact) mass is 391 g/mol. The fraction of sp³-hybridized carbons (Fsp3) is 0.636. The van der Waals surface area contributed by atoms with Gasteiger partial charge in [0.1, 0.15) is 6.04 Å². The van der Waals surface area contributed by atoms with Crippen molar-refractivity contribution in [2.24, 2.45) is 5.92 Å². The third kappa shape index (κ3) is 5.74. The molecule has 2 rings (SSSR count). The summed E-state index contributed by atoms with van der Waals surface area (Å²) in [7, 11) is 0. The zero-order chi connectivity index (χ0) is 19.8. The molecule has 1 saturated heterocycles. The number of esters is 1. The fourth-order valence-corrected chi connectivity index (χ4v) is 4.70. The van der Waals surface area contributed by atoms with Gasteiger partial charge in [0.25, 0.3) is 5.91 Å². The van der Waals surface area contributed by atoms with Crippen LogP contribution in [0, 0.1) is 5.92 Å². The number of thioether (sulfide) groups is 1. The van der Waals surface area contributed by atoms with E-state index in [0.29, 0.717) is 17.9 Å². The van der Waals surface area contributed by atoms with E-state index in [1.54, 1.807) is 16.7 Å². The lowest BCUT2D eigenvalue weighted by atomic mass is 10.0. The number of unbranched alkanes of at least 4 members (excludes halogenated alkanes) is 2. The van der Waals surface area contributed by atoms with Gasteiger partial charge in [-0.2, -0.15) is 0 Å². The molecular formula is C22H33NO3S. The molecule has 0 unspecified atom stereocenters. The number of carbonyl (C=O) groups is 2. The van der Waals surface area contributed by atoms with Crippen molar-refractivity contribution in [2.75, 3.05) is 12.4 Å². The maximum atomic E-state index is 13.2. The Morgan fingerprint density at radius 1 is 1.15 bits per heavy atom. The number of rotatable bonds is 9. The van der Waals surface area contributed by atoms with Gasteiger partial charge in [-0.1, -0.05) is 52.7 Å². The van der Waals surface area contributed by atoms with Gasteiger partial charge in [0, 0.05) is 11.3 Å². The Hall–Kier alpha value is -1.49. The summed E-state index contributed by atoms with van der Waals surface area (Å²) in [5.41, 5.74) is 1.90. The second-order valence-corrected chi connectivity index (χ2v) is 8.67. The normalized spacial score (nSPS) is 19.5. The van der Waals surface area contributed by atoms with Gasteiger partial charge in [0.2, 0.25) is 0 Å². The molecule has 1 aliphatic rings. The van der Waals surface area contributed by atoms with Crippen molar-refractivity contribution >= 4 is 23.6 Å². The van der Waals surface area contributed by atoms with Crippen molar-refractivity contribution in [1.29, 1.82) is 0 Å². The van der Waals surface area contributed by atoms with E-state index in [-0.39, 0.29) is 23.2 Å². The Morgan fingerprint density at radius 2 is 1.81 bits per heavy atom. The Morgan fingerprint density at radius 3 is 2.41 bits per heavy atom. The van der Waals surface area contributed by atoms with Crippen molar-refractivity contribution in [2.45, 2.75) is 71.2 Å². The van der Waals surface area contributed by atoms with Crippen LogP contribution >= 0.6 is 11.8 Å². The summed E-state index contributed by atoms with van der Waals surface area (Å²) >= 11 is 1.68. The molecule has 1 amide bonds. The first-order valence-corrected chi connectivity index (χ1v) is 11.2. The van der Waals surface area contributed by atoms with Gasteiger partial charge < -0.3 is 9.64 Å². The number of hydrogen-bond donors (Lipinski definition) is 0. The minimum Gasteiger partial charge on any atom is -0.464 e. The molecule has 2 atom stereocenters. The van der Waals surface area contributed by atoms with Crippen LogP contribution in [0.5, 0.6) is 0 Å². The number of amides is 1. The molecule has 1 aromatic rings. The van der Waals surface area contributed by atoms with Crippen molar-refractivity contribution in [3.8, 4) is 0 Å². The van der Waals surface area contributed by atoms with E-state index in [0.717, 1.165) is 32.1 Å². The number of ether oxygens (including phenoxy) is 1. The third-order valence-corrected chi connectivity index (χ3v) is 6.49. The lowest BCUT2D eigenvalue weighted by Crippen LogP contribution is -2.47. The topological polar surface area (TPSA) is 46.6 Å². The number of hydrogen-bond acceptors (Lipinski definition) is 4. The van der Waals surface area contributed by atoms with E-state index in [4.69, 9.17) is 4.74 Å². The highest BCUT2D eigenvalue weighted by atomic mass is 32.2. The first kappa shape index (κ1) is 21.8. The first-order valence-electron chi connectivity index (χ1n) is 10.2. The van der Waals surface area contributed by atoms with Crippen LogP contribution < -0.4 is 0 Å². The van der Waals surface area contributed by atoms with E-state index >= 15 is 0 Å². The molecule has 0 saturated carbocycles. The SMILES string of the molecule is CCCCOC(=O)[C@H]1CS[C@H](C(C)C)N1C(=O)c1ccc(CCCC)cc1. The number of carbonyl (C=O) groups excluding carboxylic acids is 2. The maximum Gasteiger partial charge on any atom is 0.329 e. The Balaban J connectivity index is 2.15. The van der Waals surface area contributed by atoms with Crippen LogP contribution in [0.2, 0.25) is 0 Å². The predicted octanol–water partition coefficient (Wildman–Crippen LogP) is 4.91. The van der Waals surface area contributed by atoms with Gasteiger partial charge in [-0.25, -0.2) is 4.79 Å². The molecule has 0 spiro atoms. The largest absolute Gasteiger partial charge is 0.464 e. The number of benzene rings is 1. The number of aryl methyl sites for hydroxylation is 1. The molecule has 150 valence electrons. The van der Waals surface area contributed by atoms with Gasteiger partial charge in [0.15, 0.2) is 0 Å². The Kier molecular flexibility index (Phi) is 8.68. The molecule has 1 aliphatic heterocycles. The smallest absolute Gasteiger partial charge is 0.329 e. The second-order valence-electron chi connectivity index (χ2n) is 7.52. The van der Waals surface area contributed by atoms with Gasteiger partial charge >= 0.3 is 5.97 Å². The van der Waals surface area contributed by atoms with Crippen LogP contribution in [0.25, 0.3) is 0 Å². The van der Waals surface area contributed by atoms with Gasteiger partial charge in [-0.3, -0.25) is 4.79 Å². The standard InChI is InChI=1S/C22H33NO3S/c1-5-7-9-17-10-12-18(13-11-17)20(24)23-19(15-27-21(23)16(3)4)22(25)26-14-8-6-2/h10-13,16,19,21H,5-9,14-15H2,1-4H3/t19-,21-/m1/s1. The van der Waals surface area contributed by atoms with Crippen molar-refractivity contribution in [3.05, 3.63) is 35.4 Å². The highest BCUT2D eigenvalue weighted by Gasteiger charge is 2.43. The highest BCUT2D eigenvalue weighted by Crippen LogP contribution is 2.35. The van der Waals surface area contributed by atoms with Crippen LogP contribution in [0.15, 0.2) is 24.3 Å². The maximum absolute atomic E-state index is 13.2. The zero-order valence-electron chi connectivity index (χ0n) is 17.1. The minimum atomic E-state index is -0.494. The summed E-state index contributed by atoms with van der Waals surface area (Å²) in [5.74, 6) is 0.537. The summed E-state index contributed by atoms with van der Waals surface area (Å²) in [6, 6.07) is 7.36. The Bertz CT molecular complexity index is 614. The molecule has 1 aromatic carbocycles. The first-order chi connectivity index (χ1) is 13.0. The van der Waals surface area contributed by atoms with E-state index in [1.165, 1.54) is 5.56 Å². The molecule has 1 heterocycles. The van der Waals surface area contributed by atoms with E-state index in [1.807, 2.05) is 24.3 Å². The molecule has 4 nitrogen and oxygen atoms in total. The van der Waals surface area contributed by atoms with Gasteiger partial charge in [0.05, 0.1) is 12.0 Å². The van der Waals surface area contributed by atoms with Gasteiger partial charge in [-0.15, -0.1) is 11.8 Å². The zero-order valence-corrected chi connectivity index (χ0v) is 17.9. The van der Waals surface area contributed by atoms with Crippen LogP contribution in [0.1, 0.15) is 69.3 Å². The molecule has 0 aromatic heterocycles. The van der Waals surface area contributed by atoms with E-state index in [2.05, 4.69) is 27.7 Å². The van der Waals surface area contributed by atoms with Crippen molar-refractivity contribution in [3.63, 3.8) is 0 Å². The molecular weight excluding hydrogens is 358 g/mol. The van der Waals surface area contributed by atoms with Crippen LogP contribution in [-0.2, 0) is 16.0 Å². The summed E-state index contributed by atoms with van der Waals surface area (Å²) in [6.07, 6.45) is 5.17. The minimum absolute atomic E-state index is 0.000920. The molecule has 1 fully saturated rings. The van der Waals surface area contributed by atoms with Crippen LogP contribution in [0.4, 0.5) is 0 Å². The average Bonchev–Trinajstić information content (AvgIpc) is 3.12. The average molecular weight is 392 g/mol. The summed E-state index contributed by atoms with van der Waals surface area (Å²) in [4.78, 5) is 27.6. The number of nitrogens with zero attached hydrogens (tertiary/aromatic N) is 1. The summed E-state index contributed by atoms with van der Waals surface area (Å²) in [6.45, 7) is 8.85. The lowest BCUT2D eigenvalue weighted by Gasteiger charge is -2.30. The lowest BCUT2D eigenvalue weighted by molar-refractivity contribution is -0.148. The molecule has 0 bridgehead atoms. The molecule has 27 heavy (non-hydrogen) atoms. The molecule has 0 radical (unpaired) electrons. The molecule has 0 aliphatic carbocycles. The second kappa shape index (κ2) is 10.7. The van der Waals surface area contributed by atoms with Crippen LogP contribution in [-0.4, -0.2) is 40.6 Å². The van der Waals surface area contributed by atoms with E-state index < -0.39 is 6.04 Å². The molecule has 0 N–H and O–H groups in total. The Labute approximate surface area is 168 Å². The summed E-state index contributed by atoms with van der Waals surface area (Å²) < 4.78 is 5.43. The highest BCUT2D eigenvalue weighted by molar-refractivity contribution is 8.00. The van der Waals surface area contributed by atoms with Crippen molar-refractivity contribution < 1.29 is 14.3 Å².